The molecule has 1 saturated heterocycles. The Morgan fingerprint density at radius 1 is 0.649 bits per heavy atom. The van der Waals surface area contributed by atoms with Crippen molar-refractivity contribution in [2.24, 2.45) is 0 Å². The number of esters is 3. The van der Waals surface area contributed by atoms with Crippen molar-refractivity contribution in [3.05, 3.63) is 108 Å². The average Bonchev–Trinajstić information content (AvgIpc) is 2.95. The number of methoxy groups -OCH3 is 1. The van der Waals surface area contributed by atoms with E-state index in [1.165, 1.54) is 7.11 Å². The number of ether oxygens (including phenoxy) is 5. The highest BCUT2D eigenvalue weighted by molar-refractivity contribution is 9.09. The maximum absolute atomic E-state index is 13.1. The van der Waals surface area contributed by atoms with Gasteiger partial charge in [-0.3, -0.25) is 0 Å². The highest BCUT2D eigenvalue weighted by atomic mass is 79.9. The lowest BCUT2D eigenvalue weighted by Crippen LogP contribution is -2.62. The topological polar surface area (TPSA) is 97.4 Å². The van der Waals surface area contributed by atoms with Crippen molar-refractivity contribution >= 4 is 33.8 Å². The maximum atomic E-state index is 13.1. The van der Waals surface area contributed by atoms with Crippen molar-refractivity contribution in [2.75, 3.05) is 12.4 Å². The van der Waals surface area contributed by atoms with Crippen molar-refractivity contribution in [2.45, 2.75) is 30.7 Å². The first kappa shape index (κ1) is 26.5. The second kappa shape index (κ2) is 12.6. The summed E-state index contributed by atoms with van der Waals surface area (Å²) in [5, 5.41) is 0.221. The quantitative estimate of drug-likeness (QED) is 0.223. The monoisotopic (exact) mass is 568 g/mol. The van der Waals surface area contributed by atoms with Crippen molar-refractivity contribution in [1.29, 1.82) is 0 Å². The molecule has 0 radical (unpaired) electrons. The first-order valence-electron chi connectivity index (χ1n) is 11.5. The lowest BCUT2D eigenvalue weighted by molar-refractivity contribution is -0.282. The third kappa shape index (κ3) is 6.43. The van der Waals surface area contributed by atoms with Crippen molar-refractivity contribution < 1.29 is 38.1 Å². The molecule has 1 aliphatic rings. The van der Waals surface area contributed by atoms with Gasteiger partial charge in [0.15, 0.2) is 24.6 Å². The molecule has 1 heterocycles. The minimum atomic E-state index is -1.24. The number of benzene rings is 3. The molecule has 0 N–H and O–H groups in total. The van der Waals surface area contributed by atoms with Crippen molar-refractivity contribution in [1.82, 2.24) is 0 Å². The summed E-state index contributed by atoms with van der Waals surface area (Å²) in [6.07, 6.45) is -5.49. The van der Waals surface area contributed by atoms with Gasteiger partial charge in [-0.15, -0.1) is 0 Å². The number of halogens is 1. The van der Waals surface area contributed by atoms with E-state index in [0.717, 1.165) is 0 Å². The molecule has 0 unspecified atom stereocenters. The Hall–Kier alpha value is -3.53. The van der Waals surface area contributed by atoms with Gasteiger partial charge in [0.25, 0.3) is 0 Å². The maximum Gasteiger partial charge on any atom is 0.338 e. The van der Waals surface area contributed by atoms with Crippen LogP contribution in [0.25, 0.3) is 0 Å². The summed E-state index contributed by atoms with van der Waals surface area (Å²) in [5.74, 6) is -2.01. The van der Waals surface area contributed by atoms with Gasteiger partial charge in [-0.1, -0.05) is 70.5 Å². The summed E-state index contributed by atoms with van der Waals surface area (Å²) in [7, 11) is 1.38. The number of alkyl halides is 1. The minimum Gasteiger partial charge on any atom is -0.452 e. The van der Waals surface area contributed by atoms with Gasteiger partial charge >= 0.3 is 17.9 Å². The molecular weight excluding hydrogens is 544 g/mol. The zero-order valence-electron chi connectivity index (χ0n) is 19.9. The molecule has 1 aliphatic heterocycles. The van der Waals surface area contributed by atoms with Gasteiger partial charge in [0.1, 0.15) is 6.10 Å². The number of hydrogen-bond donors (Lipinski definition) is 0. The number of hydrogen-bond acceptors (Lipinski definition) is 8. The third-order valence-electron chi connectivity index (χ3n) is 5.73. The molecule has 0 bridgehead atoms. The van der Waals surface area contributed by atoms with E-state index < -0.39 is 48.6 Å². The van der Waals surface area contributed by atoms with E-state index in [9.17, 15) is 14.4 Å². The van der Waals surface area contributed by atoms with Gasteiger partial charge in [0.05, 0.1) is 16.7 Å². The van der Waals surface area contributed by atoms with Crippen LogP contribution in [0.1, 0.15) is 31.1 Å². The summed E-state index contributed by atoms with van der Waals surface area (Å²) in [6, 6.07) is 25.1. The minimum absolute atomic E-state index is 0.221. The fraction of sp³-hybridized carbons (Fsp3) is 0.250. The first-order chi connectivity index (χ1) is 18.0. The molecule has 1 fully saturated rings. The van der Waals surface area contributed by atoms with Crippen LogP contribution in [-0.2, 0) is 23.7 Å². The lowest BCUT2D eigenvalue weighted by atomic mass is 9.98. The zero-order valence-corrected chi connectivity index (χ0v) is 21.5. The fourth-order valence-electron chi connectivity index (χ4n) is 3.89. The molecule has 3 aromatic rings. The largest absolute Gasteiger partial charge is 0.452 e. The van der Waals surface area contributed by atoms with E-state index in [-0.39, 0.29) is 16.5 Å². The fourth-order valence-corrected chi connectivity index (χ4v) is 4.41. The Morgan fingerprint density at radius 3 is 1.41 bits per heavy atom. The lowest BCUT2D eigenvalue weighted by Gasteiger charge is -2.43. The molecule has 37 heavy (non-hydrogen) atoms. The first-order valence-corrected chi connectivity index (χ1v) is 12.7. The molecule has 192 valence electrons. The smallest absolute Gasteiger partial charge is 0.338 e. The van der Waals surface area contributed by atoms with Crippen LogP contribution in [0, 0.1) is 0 Å². The average molecular weight is 569 g/mol. The molecule has 5 atom stereocenters. The van der Waals surface area contributed by atoms with E-state index in [1.807, 2.05) is 0 Å². The molecule has 0 amide bonds. The van der Waals surface area contributed by atoms with Crippen LogP contribution in [0.2, 0.25) is 0 Å². The summed E-state index contributed by atoms with van der Waals surface area (Å²) < 4.78 is 28.9. The predicted octanol–water partition coefficient (Wildman–Crippen LogP) is 4.43. The Morgan fingerprint density at radius 2 is 1.03 bits per heavy atom. The van der Waals surface area contributed by atoms with Gasteiger partial charge < -0.3 is 23.7 Å². The summed E-state index contributed by atoms with van der Waals surface area (Å²) in [5.41, 5.74) is 0.862. The second-order valence-electron chi connectivity index (χ2n) is 8.14. The SMILES string of the molecule is CO[C@@H]1O[C@H](CBr)[C@H](OC(=O)c2ccccc2)[C@H](OC(=O)c2ccccc2)[C@H]1OC(=O)c1ccccc1. The van der Waals surface area contributed by atoms with E-state index in [0.29, 0.717) is 5.56 Å². The van der Waals surface area contributed by atoms with Crippen LogP contribution in [0.5, 0.6) is 0 Å². The molecule has 0 aliphatic carbocycles. The van der Waals surface area contributed by atoms with E-state index in [1.54, 1.807) is 91.0 Å². The number of carbonyl (C=O) groups excluding carboxylic acids is 3. The van der Waals surface area contributed by atoms with E-state index in [4.69, 9.17) is 23.7 Å². The number of carbonyl (C=O) groups is 3. The highest BCUT2D eigenvalue weighted by Gasteiger charge is 2.52. The molecule has 0 saturated carbocycles. The van der Waals surface area contributed by atoms with Gasteiger partial charge in [-0.05, 0) is 36.4 Å². The van der Waals surface area contributed by atoms with E-state index in [2.05, 4.69) is 15.9 Å². The molecule has 4 rings (SSSR count). The normalized spacial score (nSPS) is 23.0. The highest BCUT2D eigenvalue weighted by Crippen LogP contribution is 2.31. The molecule has 0 spiro atoms. The van der Waals surface area contributed by atoms with Crippen LogP contribution >= 0.6 is 15.9 Å². The van der Waals surface area contributed by atoms with Gasteiger partial charge in [0, 0.05) is 12.4 Å². The van der Waals surface area contributed by atoms with Crippen molar-refractivity contribution in [3.8, 4) is 0 Å². The molecule has 3 aromatic carbocycles. The summed E-state index contributed by atoms with van der Waals surface area (Å²) >= 11 is 3.38. The Kier molecular flexibility index (Phi) is 9.05. The van der Waals surface area contributed by atoms with Crippen LogP contribution in [-0.4, -0.2) is 61.1 Å². The molecule has 0 aromatic heterocycles. The van der Waals surface area contributed by atoms with Crippen LogP contribution in [0.4, 0.5) is 0 Å². The second-order valence-corrected chi connectivity index (χ2v) is 8.79. The van der Waals surface area contributed by atoms with Crippen LogP contribution < -0.4 is 0 Å². The third-order valence-corrected chi connectivity index (χ3v) is 6.37. The summed E-state index contributed by atoms with van der Waals surface area (Å²) in [6.45, 7) is 0. The van der Waals surface area contributed by atoms with E-state index >= 15 is 0 Å². The van der Waals surface area contributed by atoms with Gasteiger partial charge in [-0.25, -0.2) is 14.4 Å². The summed E-state index contributed by atoms with van der Waals surface area (Å²) in [4.78, 5) is 39.1. The van der Waals surface area contributed by atoms with Crippen LogP contribution in [0.3, 0.4) is 0 Å². The van der Waals surface area contributed by atoms with Crippen LogP contribution in [0.15, 0.2) is 91.0 Å². The Balaban J connectivity index is 1.69. The Labute approximate surface area is 222 Å². The molecule has 9 heteroatoms. The van der Waals surface area contributed by atoms with Crippen molar-refractivity contribution in [3.63, 3.8) is 0 Å². The number of rotatable bonds is 8. The van der Waals surface area contributed by atoms with Gasteiger partial charge in [-0.2, -0.15) is 0 Å². The molecular formula is C28H25BrO8. The molecule has 8 nitrogen and oxygen atoms in total. The standard InChI is InChI=1S/C28H25BrO8/c1-33-28-24(37-27(32)20-15-9-4-10-16-20)23(36-26(31)19-13-7-3-8-14-19)22(21(17-29)34-28)35-25(30)18-11-5-2-6-12-18/h2-16,21-24,28H,17H2,1H3/t21-,22+,23+,24-,28-/m1/s1. The predicted molar refractivity (Wildman–Crippen MR) is 136 cm³/mol. The zero-order chi connectivity index (χ0) is 26.2. The Bertz CT molecular complexity index is 1120. The van der Waals surface area contributed by atoms with Gasteiger partial charge in [0.2, 0.25) is 0 Å².